The lowest BCUT2D eigenvalue weighted by molar-refractivity contribution is 0.616. The number of hydrogen-bond donors (Lipinski definition) is 1. The second-order valence-corrected chi connectivity index (χ2v) is 9.12. The predicted molar refractivity (Wildman–Crippen MR) is 147 cm³/mol. The summed E-state index contributed by atoms with van der Waals surface area (Å²) in [5.41, 5.74) is 5.84. The summed E-state index contributed by atoms with van der Waals surface area (Å²) in [6.07, 6.45) is 8.84. The lowest BCUT2D eigenvalue weighted by Crippen LogP contribution is -2.30. The van der Waals surface area contributed by atoms with Crippen LogP contribution in [0.1, 0.15) is 29.5 Å². The molecular formula is C30H35N5. The van der Waals surface area contributed by atoms with E-state index in [1.54, 1.807) is 6.20 Å². The Morgan fingerprint density at radius 1 is 1.09 bits per heavy atom. The molecule has 1 aliphatic rings. The van der Waals surface area contributed by atoms with Crippen molar-refractivity contribution in [2.45, 2.75) is 39.2 Å². The van der Waals surface area contributed by atoms with Gasteiger partial charge in [0, 0.05) is 42.5 Å². The molecule has 0 saturated carbocycles. The molecular weight excluding hydrogens is 430 g/mol. The number of benzene rings is 2. The molecule has 2 aromatic carbocycles. The quantitative estimate of drug-likeness (QED) is 0.359. The summed E-state index contributed by atoms with van der Waals surface area (Å²) in [5.74, 6) is 1.88. The zero-order valence-corrected chi connectivity index (χ0v) is 21.0. The fourth-order valence-electron chi connectivity index (χ4n) is 4.41. The third-order valence-electron chi connectivity index (χ3n) is 6.47. The van der Waals surface area contributed by atoms with Gasteiger partial charge in [-0.05, 0) is 75.0 Å². The van der Waals surface area contributed by atoms with Crippen LogP contribution in [0, 0.1) is 13.8 Å². The van der Waals surface area contributed by atoms with Gasteiger partial charge in [0.25, 0.3) is 0 Å². The molecule has 3 heterocycles. The summed E-state index contributed by atoms with van der Waals surface area (Å²) < 4.78 is 0. The molecule has 1 atom stereocenters. The Kier molecular flexibility index (Phi) is 8.22. The fraction of sp³-hybridized carbons (Fsp3) is 0.300. The number of hydrogen-bond acceptors (Lipinski definition) is 5. The van der Waals surface area contributed by atoms with E-state index in [1.165, 1.54) is 16.7 Å². The highest BCUT2D eigenvalue weighted by atomic mass is 15.2. The molecule has 0 bridgehead atoms. The summed E-state index contributed by atoms with van der Waals surface area (Å²) in [4.78, 5) is 16.3. The third-order valence-corrected chi connectivity index (χ3v) is 6.47. The van der Waals surface area contributed by atoms with Crippen molar-refractivity contribution in [3.05, 3.63) is 96.3 Å². The van der Waals surface area contributed by atoms with Crippen molar-refractivity contribution in [2.24, 2.45) is 0 Å². The highest BCUT2D eigenvalue weighted by Gasteiger charge is 2.24. The van der Waals surface area contributed by atoms with Gasteiger partial charge in [-0.15, -0.1) is 6.58 Å². The van der Waals surface area contributed by atoms with Crippen LogP contribution in [-0.2, 0) is 6.42 Å². The Morgan fingerprint density at radius 2 is 1.94 bits per heavy atom. The molecule has 5 rings (SSSR count). The van der Waals surface area contributed by atoms with Crippen LogP contribution in [0.5, 0.6) is 0 Å². The molecule has 0 spiro atoms. The van der Waals surface area contributed by atoms with Gasteiger partial charge in [-0.1, -0.05) is 42.5 Å². The molecule has 1 aliphatic heterocycles. The van der Waals surface area contributed by atoms with Crippen molar-refractivity contribution in [3.63, 3.8) is 0 Å². The second kappa shape index (κ2) is 11.7. The highest BCUT2D eigenvalue weighted by Crippen LogP contribution is 2.31. The van der Waals surface area contributed by atoms with Gasteiger partial charge >= 0.3 is 0 Å². The van der Waals surface area contributed by atoms with Crippen molar-refractivity contribution in [3.8, 4) is 11.4 Å². The number of aryl methyl sites for hydroxylation is 3. The van der Waals surface area contributed by atoms with E-state index in [4.69, 9.17) is 9.97 Å². The minimum Gasteiger partial charge on any atom is -0.354 e. The predicted octanol–water partition coefficient (Wildman–Crippen LogP) is 5.91. The molecule has 180 valence electrons. The third kappa shape index (κ3) is 6.11. The molecule has 1 N–H and O–H groups in total. The topological polar surface area (TPSA) is 53.9 Å². The van der Waals surface area contributed by atoms with E-state index in [0.717, 1.165) is 60.5 Å². The van der Waals surface area contributed by atoms with Crippen molar-refractivity contribution in [1.82, 2.24) is 20.3 Å². The average molecular weight is 466 g/mol. The Balaban J connectivity index is 0.000000243. The Labute approximate surface area is 209 Å². The maximum atomic E-state index is 5.00. The van der Waals surface area contributed by atoms with Gasteiger partial charge < -0.3 is 10.2 Å². The van der Waals surface area contributed by atoms with Crippen LogP contribution in [0.25, 0.3) is 22.3 Å². The minimum atomic E-state index is 0.525. The largest absolute Gasteiger partial charge is 0.354 e. The average Bonchev–Trinajstić information content (AvgIpc) is 3.37. The first-order chi connectivity index (χ1) is 17.1. The van der Waals surface area contributed by atoms with Crippen LogP contribution in [0.2, 0.25) is 0 Å². The maximum absolute atomic E-state index is 5.00. The first kappa shape index (κ1) is 24.6. The van der Waals surface area contributed by atoms with Crippen molar-refractivity contribution in [1.29, 1.82) is 0 Å². The monoisotopic (exact) mass is 465 g/mol. The lowest BCUT2D eigenvalue weighted by Gasteiger charge is -2.20. The van der Waals surface area contributed by atoms with E-state index >= 15 is 0 Å². The molecule has 35 heavy (non-hydrogen) atoms. The summed E-state index contributed by atoms with van der Waals surface area (Å²) >= 11 is 0. The number of rotatable bonds is 6. The molecule has 0 aliphatic carbocycles. The van der Waals surface area contributed by atoms with Gasteiger partial charge in [0.15, 0.2) is 5.82 Å². The first-order valence-corrected chi connectivity index (χ1v) is 12.4. The molecule has 0 radical (unpaired) electrons. The van der Waals surface area contributed by atoms with Gasteiger partial charge in [-0.2, -0.15) is 0 Å². The summed E-state index contributed by atoms with van der Waals surface area (Å²) in [6, 6.07) is 19.4. The maximum Gasteiger partial charge on any atom is 0.162 e. The molecule has 5 nitrogen and oxygen atoms in total. The minimum absolute atomic E-state index is 0.525. The van der Waals surface area contributed by atoms with Gasteiger partial charge in [0.05, 0.1) is 5.52 Å². The van der Waals surface area contributed by atoms with Crippen molar-refractivity contribution in [2.75, 3.05) is 25.0 Å². The van der Waals surface area contributed by atoms with E-state index < -0.39 is 0 Å². The molecule has 5 heteroatoms. The molecule has 4 aromatic rings. The smallest absolute Gasteiger partial charge is 0.162 e. The standard InChI is InChI=1S/C21H24N4.C9H11N/c1-14-8-9-18-19(12-14)23-20(17-7-5-4-6-15(17)2)24-21(18)25-11-10-16(13-25)22-3;1-2-3-5-9-6-4-7-10-8-9/h4-9,12,16,22H,10-11,13H2,1-3H3;2,4,6-8H,1,3,5H2. The van der Waals surface area contributed by atoms with E-state index in [9.17, 15) is 0 Å². The van der Waals surface area contributed by atoms with Gasteiger partial charge in [-0.3, -0.25) is 4.98 Å². The van der Waals surface area contributed by atoms with Gasteiger partial charge in [0.1, 0.15) is 5.82 Å². The number of aromatic nitrogens is 3. The zero-order valence-electron chi connectivity index (χ0n) is 21.0. The van der Waals surface area contributed by atoms with Crippen LogP contribution in [0.15, 0.2) is 79.6 Å². The number of allylic oxidation sites excluding steroid dienone is 1. The number of fused-ring (bicyclic) bond motifs is 1. The van der Waals surface area contributed by atoms with E-state index in [2.05, 4.69) is 84.2 Å². The number of nitrogens with one attached hydrogen (secondary N) is 1. The van der Waals surface area contributed by atoms with E-state index in [0.29, 0.717) is 6.04 Å². The Hall–Kier alpha value is -3.57. The molecule has 2 aromatic heterocycles. The fourth-order valence-corrected chi connectivity index (χ4v) is 4.41. The first-order valence-electron chi connectivity index (χ1n) is 12.4. The van der Waals surface area contributed by atoms with Gasteiger partial charge in [0.2, 0.25) is 0 Å². The lowest BCUT2D eigenvalue weighted by atomic mass is 10.1. The van der Waals surface area contributed by atoms with Crippen LogP contribution in [0.3, 0.4) is 0 Å². The molecule has 1 unspecified atom stereocenters. The summed E-state index contributed by atoms with van der Waals surface area (Å²) in [5, 5.41) is 4.53. The summed E-state index contributed by atoms with van der Waals surface area (Å²) in [7, 11) is 2.04. The molecule has 1 saturated heterocycles. The van der Waals surface area contributed by atoms with Crippen LogP contribution >= 0.6 is 0 Å². The molecule has 1 fully saturated rings. The van der Waals surface area contributed by atoms with Crippen LogP contribution in [-0.4, -0.2) is 41.1 Å². The van der Waals surface area contributed by atoms with Crippen LogP contribution in [0.4, 0.5) is 5.82 Å². The van der Waals surface area contributed by atoms with E-state index in [1.807, 2.05) is 25.4 Å². The van der Waals surface area contributed by atoms with Crippen molar-refractivity contribution < 1.29 is 0 Å². The molecule has 0 amide bonds. The van der Waals surface area contributed by atoms with Gasteiger partial charge in [-0.25, -0.2) is 9.97 Å². The highest BCUT2D eigenvalue weighted by molar-refractivity contribution is 5.91. The number of anilines is 1. The summed E-state index contributed by atoms with van der Waals surface area (Å²) in [6.45, 7) is 9.90. The van der Waals surface area contributed by atoms with Crippen LogP contribution < -0.4 is 10.2 Å². The Morgan fingerprint density at radius 3 is 2.66 bits per heavy atom. The normalized spacial score (nSPS) is 15.1. The zero-order chi connectivity index (χ0) is 24.6. The number of likely N-dealkylation sites (N-methyl/N-ethyl adjacent to an activating group) is 1. The number of nitrogens with zero attached hydrogens (tertiary/aromatic N) is 4. The Bertz CT molecular complexity index is 1270. The SMILES string of the molecule is C=CCCc1cccnc1.CNC1CCN(c2nc(-c3ccccc3C)nc3cc(C)ccc23)C1. The number of pyridine rings is 1. The second-order valence-electron chi connectivity index (χ2n) is 9.12. The van der Waals surface area contributed by atoms with Crippen molar-refractivity contribution >= 4 is 16.7 Å². The van der Waals surface area contributed by atoms with E-state index in [-0.39, 0.29) is 0 Å².